The van der Waals surface area contributed by atoms with Crippen LogP contribution in [0.5, 0.6) is 0 Å². The van der Waals surface area contributed by atoms with Crippen molar-refractivity contribution in [3.05, 3.63) is 187 Å². The first kappa shape index (κ1) is 40.4. The first-order valence-electron chi connectivity index (χ1n) is 24.5. The normalized spacial score (nSPS) is 13.5. The summed E-state index contributed by atoms with van der Waals surface area (Å²) in [7, 11) is 0. The average Bonchev–Trinajstić information content (AvgIpc) is 4.12. The second-order valence-corrected chi connectivity index (χ2v) is 23.8. The lowest BCUT2D eigenvalue weighted by molar-refractivity contribution is 0.590. The zero-order chi connectivity index (χ0) is 46.9. The molecule has 9 aromatic carbocycles. The van der Waals surface area contributed by atoms with Crippen LogP contribution in [0.1, 0.15) is 52.7 Å². The zero-order valence-electron chi connectivity index (χ0n) is 39.9. The fourth-order valence-corrected chi connectivity index (χ4v) is 14.2. The summed E-state index contributed by atoms with van der Waals surface area (Å²) < 4.78 is 10.3. The minimum atomic E-state index is -0.151. The molecular weight excluding hydrogens is 888 g/mol. The van der Waals surface area contributed by atoms with E-state index in [4.69, 9.17) is 4.98 Å². The number of imidazole rings is 1. The molecule has 4 aromatic heterocycles. The van der Waals surface area contributed by atoms with Crippen molar-refractivity contribution in [1.82, 2.24) is 14.1 Å². The monoisotopic (exact) mass is 934 g/mol. The summed E-state index contributed by atoms with van der Waals surface area (Å²) in [4.78, 5) is 8.29. The third kappa shape index (κ3) is 5.62. The van der Waals surface area contributed by atoms with Crippen LogP contribution < -0.4 is 15.7 Å². The van der Waals surface area contributed by atoms with E-state index in [1.807, 2.05) is 22.7 Å². The molecule has 6 heterocycles. The van der Waals surface area contributed by atoms with E-state index >= 15 is 0 Å². The van der Waals surface area contributed by atoms with Gasteiger partial charge >= 0.3 is 6.85 Å². The van der Waals surface area contributed by atoms with Gasteiger partial charge in [0.25, 0.3) is 0 Å². The molecule has 0 atom stereocenters. The summed E-state index contributed by atoms with van der Waals surface area (Å²) in [5.74, 6) is 0.932. The van der Waals surface area contributed by atoms with Crippen molar-refractivity contribution in [3.8, 4) is 33.9 Å². The van der Waals surface area contributed by atoms with Crippen LogP contribution in [-0.4, -0.2) is 21.0 Å². The molecule has 0 N–H and O–H groups in total. The Balaban J connectivity index is 1.10. The Morgan fingerprint density at radius 2 is 1.10 bits per heavy atom. The molecule has 0 fully saturated rings. The molecule has 2 aliphatic rings. The Hall–Kier alpha value is -7.45. The summed E-state index contributed by atoms with van der Waals surface area (Å²) in [5, 5.41) is 7.81. The molecule has 334 valence electrons. The number of nitrogens with zero attached hydrogens (tertiary/aromatic N) is 4. The van der Waals surface area contributed by atoms with Gasteiger partial charge in [0, 0.05) is 85.0 Å². The van der Waals surface area contributed by atoms with Gasteiger partial charge in [-0.15, -0.1) is 22.7 Å². The average molecular weight is 935 g/mol. The van der Waals surface area contributed by atoms with Crippen LogP contribution in [0.4, 0.5) is 11.4 Å². The molecule has 70 heavy (non-hydrogen) atoms. The molecule has 0 saturated heterocycles. The highest BCUT2D eigenvalue weighted by atomic mass is 32.1. The van der Waals surface area contributed by atoms with Crippen molar-refractivity contribution in [2.24, 2.45) is 0 Å². The van der Waals surface area contributed by atoms with Crippen molar-refractivity contribution in [2.45, 2.75) is 52.4 Å². The fourth-order valence-electron chi connectivity index (χ4n) is 11.9. The second-order valence-electron chi connectivity index (χ2n) is 21.6. The molecule has 0 saturated carbocycles. The Labute approximate surface area is 414 Å². The lowest BCUT2D eigenvalue weighted by atomic mass is 9.44. The first-order valence-corrected chi connectivity index (χ1v) is 26.1. The Kier molecular flexibility index (Phi) is 8.14. The van der Waals surface area contributed by atoms with Crippen LogP contribution in [0, 0.1) is 0 Å². The lowest BCUT2D eigenvalue weighted by Crippen LogP contribution is -2.60. The molecule has 0 amide bonds. The highest BCUT2D eigenvalue weighted by Crippen LogP contribution is 2.50. The number of para-hydroxylation sites is 1. The van der Waals surface area contributed by atoms with Gasteiger partial charge in [0.15, 0.2) is 0 Å². The number of aromatic nitrogens is 3. The third-order valence-corrected chi connectivity index (χ3v) is 17.6. The van der Waals surface area contributed by atoms with Crippen molar-refractivity contribution in [3.63, 3.8) is 0 Å². The lowest BCUT2D eigenvalue weighted by Gasteiger charge is -2.42. The van der Waals surface area contributed by atoms with E-state index in [1.54, 1.807) is 0 Å². The van der Waals surface area contributed by atoms with E-state index in [-0.39, 0.29) is 17.7 Å². The molecule has 4 nitrogen and oxygen atoms in total. The SMILES string of the molecule is CC(C)(C)c1ccc(N2B3c4cc5nc(-c6ccccc6)n(-c6ccccc6)c5cc4-n4c5cc6c(cc5c5ccc(c3c54)-c3cc4sc5cc(C(C)(C)C)ccc5c4cc32)sc2ccccc26)cc1. The molecule has 7 heteroatoms. The number of fused-ring (bicyclic) bond motifs is 15. The molecule has 0 aliphatic carbocycles. The number of benzene rings is 9. The molecule has 0 radical (unpaired) electrons. The predicted molar refractivity (Wildman–Crippen MR) is 303 cm³/mol. The Morgan fingerprint density at radius 3 is 1.89 bits per heavy atom. The van der Waals surface area contributed by atoms with Crippen molar-refractivity contribution >= 4 is 125 Å². The van der Waals surface area contributed by atoms with Gasteiger partial charge in [-0.2, -0.15) is 0 Å². The number of hydrogen-bond acceptors (Lipinski definition) is 4. The summed E-state index contributed by atoms with van der Waals surface area (Å²) in [6.45, 7) is 13.7. The molecular formula is C63H47BN4S2. The highest BCUT2D eigenvalue weighted by molar-refractivity contribution is 7.26. The van der Waals surface area contributed by atoms with E-state index in [2.05, 4.69) is 231 Å². The van der Waals surface area contributed by atoms with Gasteiger partial charge in [0.05, 0.1) is 22.1 Å². The van der Waals surface area contributed by atoms with Crippen molar-refractivity contribution < 1.29 is 0 Å². The Morgan fingerprint density at radius 1 is 0.443 bits per heavy atom. The standard InChI is InChI=1S/C63H47BN4S2/c1-62(2,3)37-21-24-40(25-22-37)68-52-31-48-42-26-23-38(63(4,5)6)29-56(42)70-58(48)32-45(52)43-27-28-44-46-33-57-47(41-19-13-14-20-55(41)69-57)30-51(46)67-53-35-54-50(34-49(53)64(68)59(43)60(44)67)65-61(36-15-9-7-10-16-36)66(54)39-17-11-8-12-18-39/h7-35H,1-6H3. The minimum Gasteiger partial charge on any atom is -0.376 e. The number of rotatable bonds is 3. The number of hydrogen-bond donors (Lipinski definition) is 0. The van der Waals surface area contributed by atoms with Gasteiger partial charge in [-0.25, -0.2) is 4.98 Å². The molecule has 2 aliphatic heterocycles. The predicted octanol–water partition coefficient (Wildman–Crippen LogP) is 16.4. The van der Waals surface area contributed by atoms with Crippen LogP contribution in [0.15, 0.2) is 176 Å². The maximum Gasteiger partial charge on any atom is 0.333 e. The fraction of sp³-hybridized carbons (Fsp3) is 0.127. The van der Waals surface area contributed by atoms with Gasteiger partial charge in [-0.3, -0.25) is 4.57 Å². The van der Waals surface area contributed by atoms with Gasteiger partial charge in [-0.1, -0.05) is 145 Å². The number of anilines is 2. The van der Waals surface area contributed by atoms with Crippen LogP contribution >= 0.6 is 22.7 Å². The zero-order valence-corrected chi connectivity index (χ0v) is 41.6. The van der Waals surface area contributed by atoms with Crippen LogP contribution in [0.25, 0.3) is 107 Å². The van der Waals surface area contributed by atoms with E-state index in [9.17, 15) is 0 Å². The van der Waals surface area contributed by atoms with Gasteiger partial charge < -0.3 is 9.38 Å². The molecule has 0 bridgehead atoms. The quantitative estimate of drug-likeness (QED) is 0.165. The van der Waals surface area contributed by atoms with Gasteiger partial charge in [-0.05, 0) is 111 Å². The minimum absolute atomic E-state index is 0.0157. The summed E-state index contributed by atoms with van der Waals surface area (Å²) in [5.41, 5.74) is 18.3. The summed E-state index contributed by atoms with van der Waals surface area (Å²) >= 11 is 3.82. The van der Waals surface area contributed by atoms with Gasteiger partial charge in [0.2, 0.25) is 0 Å². The largest absolute Gasteiger partial charge is 0.376 e. The summed E-state index contributed by atoms with van der Waals surface area (Å²) in [6, 6.07) is 66.7. The second kappa shape index (κ2) is 14.1. The maximum atomic E-state index is 5.61. The maximum absolute atomic E-state index is 5.61. The van der Waals surface area contributed by atoms with Crippen LogP contribution in [-0.2, 0) is 10.8 Å². The highest BCUT2D eigenvalue weighted by Gasteiger charge is 2.45. The molecule has 0 spiro atoms. The molecule has 13 aromatic rings. The number of thiophene rings is 2. The summed E-state index contributed by atoms with van der Waals surface area (Å²) in [6.07, 6.45) is 0. The van der Waals surface area contributed by atoms with Crippen LogP contribution in [0.2, 0.25) is 0 Å². The smallest absolute Gasteiger partial charge is 0.333 e. The molecule has 0 unspecified atom stereocenters. The van der Waals surface area contributed by atoms with Crippen molar-refractivity contribution in [2.75, 3.05) is 4.81 Å². The van der Waals surface area contributed by atoms with Gasteiger partial charge in [0.1, 0.15) is 5.82 Å². The molecule has 15 rings (SSSR count). The van der Waals surface area contributed by atoms with Crippen molar-refractivity contribution in [1.29, 1.82) is 0 Å². The first-order chi connectivity index (χ1) is 34.0. The van der Waals surface area contributed by atoms with E-state index in [1.165, 1.54) is 112 Å². The van der Waals surface area contributed by atoms with Crippen LogP contribution in [0.3, 0.4) is 0 Å². The third-order valence-electron chi connectivity index (χ3n) is 15.4. The van der Waals surface area contributed by atoms with E-state index < -0.39 is 0 Å². The van der Waals surface area contributed by atoms with E-state index in [0.29, 0.717) is 0 Å². The van der Waals surface area contributed by atoms with E-state index in [0.717, 1.165) is 28.1 Å². The topological polar surface area (TPSA) is 26.0 Å². The Bertz CT molecular complexity index is 4370.